The normalized spacial score (nSPS) is 10.1. The molecule has 0 atom stereocenters. The summed E-state index contributed by atoms with van der Waals surface area (Å²) in [4.78, 5) is 10.3. The largest absolute Gasteiger partial charge is 0.481 e. The number of carboxylic acids is 1. The predicted molar refractivity (Wildman–Crippen MR) is 47.5 cm³/mol. The highest BCUT2D eigenvalue weighted by Gasteiger charge is 2.10. The van der Waals surface area contributed by atoms with E-state index in [0.29, 0.717) is 0 Å². The number of aliphatic carboxylic acids is 1. The summed E-state index contributed by atoms with van der Waals surface area (Å²) in [5.41, 5.74) is 0.875. The van der Waals surface area contributed by atoms with Gasteiger partial charge in [-0.05, 0) is 18.6 Å². The van der Waals surface area contributed by atoms with Crippen LogP contribution in [0.2, 0.25) is 5.02 Å². The van der Waals surface area contributed by atoms with E-state index < -0.39 is 11.8 Å². The van der Waals surface area contributed by atoms with E-state index >= 15 is 0 Å². The van der Waals surface area contributed by atoms with E-state index in [4.69, 9.17) is 16.7 Å². The Morgan fingerprint density at radius 1 is 1.62 bits per heavy atom. The molecule has 0 unspecified atom stereocenters. The number of rotatable bonds is 2. The van der Waals surface area contributed by atoms with E-state index in [1.54, 1.807) is 6.92 Å². The molecule has 1 rings (SSSR count). The lowest BCUT2D eigenvalue weighted by Crippen LogP contribution is -2.03. The van der Waals surface area contributed by atoms with Gasteiger partial charge in [0.05, 0.1) is 11.4 Å². The van der Waals surface area contributed by atoms with Crippen LogP contribution in [0.4, 0.5) is 4.39 Å². The van der Waals surface area contributed by atoms with Gasteiger partial charge in [-0.2, -0.15) is 0 Å². The Labute approximate surface area is 80.0 Å². The first-order valence-corrected chi connectivity index (χ1v) is 4.05. The third-order valence-corrected chi connectivity index (χ3v) is 1.86. The van der Waals surface area contributed by atoms with Crippen molar-refractivity contribution in [3.05, 3.63) is 34.1 Å². The molecule has 0 aliphatic carbocycles. The summed E-state index contributed by atoms with van der Waals surface area (Å²) >= 11 is 5.53. The van der Waals surface area contributed by atoms with Gasteiger partial charge in [-0.25, -0.2) is 4.39 Å². The van der Waals surface area contributed by atoms with Crippen LogP contribution in [-0.2, 0) is 11.2 Å². The molecule has 0 aliphatic rings. The minimum atomic E-state index is -1.07. The zero-order valence-corrected chi connectivity index (χ0v) is 7.73. The Morgan fingerprint density at radius 2 is 2.23 bits per heavy atom. The van der Waals surface area contributed by atoms with E-state index in [0.717, 1.165) is 5.56 Å². The SMILES string of the molecule is Cc1cc(Cl)c(F)c(CC(=O)O)c1. The summed E-state index contributed by atoms with van der Waals surface area (Å²) < 4.78 is 13.1. The van der Waals surface area contributed by atoms with Gasteiger partial charge in [-0.15, -0.1) is 0 Å². The molecule has 0 heterocycles. The third-order valence-electron chi connectivity index (χ3n) is 1.59. The molecule has 0 amide bonds. The van der Waals surface area contributed by atoms with E-state index in [2.05, 4.69) is 0 Å². The fraction of sp³-hybridized carbons (Fsp3) is 0.222. The third kappa shape index (κ3) is 2.42. The van der Waals surface area contributed by atoms with Crippen molar-refractivity contribution in [1.82, 2.24) is 0 Å². The van der Waals surface area contributed by atoms with Gasteiger partial charge in [0, 0.05) is 5.56 Å². The number of carbonyl (C=O) groups is 1. The molecule has 4 heteroatoms. The minimum Gasteiger partial charge on any atom is -0.481 e. The molecular formula is C9H8ClFO2. The molecule has 2 nitrogen and oxygen atoms in total. The van der Waals surface area contributed by atoms with Crippen LogP contribution >= 0.6 is 11.6 Å². The van der Waals surface area contributed by atoms with Gasteiger partial charge in [-0.1, -0.05) is 17.7 Å². The van der Waals surface area contributed by atoms with E-state index in [-0.39, 0.29) is 17.0 Å². The molecule has 70 valence electrons. The lowest BCUT2D eigenvalue weighted by Gasteiger charge is -2.03. The van der Waals surface area contributed by atoms with E-state index in [1.165, 1.54) is 12.1 Å². The first-order chi connectivity index (χ1) is 6.00. The van der Waals surface area contributed by atoms with Gasteiger partial charge in [0.1, 0.15) is 5.82 Å². The van der Waals surface area contributed by atoms with Crippen molar-refractivity contribution in [1.29, 1.82) is 0 Å². The van der Waals surface area contributed by atoms with Crippen molar-refractivity contribution in [3.63, 3.8) is 0 Å². The average Bonchev–Trinajstić information content (AvgIpc) is 1.98. The van der Waals surface area contributed by atoms with E-state index in [1.807, 2.05) is 0 Å². The molecule has 0 aliphatic heterocycles. The lowest BCUT2D eigenvalue weighted by atomic mass is 10.1. The van der Waals surface area contributed by atoms with Crippen LogP contribution in [-0.4, -0.2) is 11.1 Å². The maximum Gasteiger partial charge on any atom is 0.307 e. The number of aryl methyl sites for hydroxylation is 1. The quantitative estimate of drug-likeness (QED) is 0.800. The zero-order chi connectivity index (χ0) is 10.0. The van der Waals surface area contributed by atoms with Crippen LogP contribution in [0, 0.1) is 12.7 Å². The van der Waals surface area contributed by atoms with Gasteiger partial charge in [-0.3, -0.25) is 4.79 Å². The summed E-state index contributed by atoms with van der Waals surface area (Å²) in [6.07, 6.45) is -0.340. The van der Waals surface area contributed by atoms with Crippen molar-refractivity contribution >= 4 is 17.6 Å². The molecule has 0 spiro atoms. The summed E-state index contributed by atoms with van der Waals surface area (Å²) in [5.74, 6) is -1.71. The first-order valence-electron chi connectivity index (χ1n) is 3.67. The van der Waals surface area contributed by atoms with Crippen molar-refractivity contribution in [2.75, 3.05) is 0 Å². The number of halogens is 2. The summed E-state index contributed by atoms with van der Waals surface area (Å²) in [5, 5.41) is 8.43. The molecule has 1 N–H and O–H groups in total. The number of benzene rings is 1. The summed E-state index contributed by atoms with van der Waals surface area (Å²) in [7, 11) is 0. The fourth-order valence-corrected chi connectivity index (χ4v) is 1.38. The van der Waals surface area contributed by atoms with Gasteiger partial charge in [0.25, 0.3) is 0 Å². The highest BCUT2D eigenvalue weighted by atomic mass is 35.5. The number of hydrogen-bond acceptors (Lipinski definition) is 1. The fourth-order valence-electron chi connectivity index (χ4n) is 1.09. The van der Waals surface area contributed by atoms with Gasteiger partial charge in [0.15, 0.2) is 0 Å². The maximum atomic E-state index is 13.1. The second-order valence-electron chi connectivity index (χ2n) is 2.79. The molecule has 1 aromatic rings. The Balaban J connectivity index is 3.12. The van der Waals surface area contributed by atoms with Gasteiger partial charge in [0.2, 0.25) is 0 Å². The average molecular weight is 203 g/mol. The maximum absolute atomic E-state index is 13.1. The van der Waals surface area contributed by atoms with Crippen LogP contribution < -0.4 is 0 Å². The van der Waals surface area contributed by atoms with Crippen LogP contribution in [0.5, 0.6) is 0 Å². The van der Waals surface area contributed by atoms with Crippen LogP contribution in [0.15, 0.2) is 12.1 Å². The van der Waals surface area contributed by atoms with Crippen molar-refractivity contribution in [3.8, 4) is 0 Å². The Bertz CT molecular complexity index is 350. The second-order valence-corrected chi connectivity index (χ2v) is 3.20. The van der Waals surface area contributed by atoms with Gasteiger partial charge < -0.3 is 5.11 Å². The smallest absolute Gasteiger partial charge is 0.307 e. The van der Waals surface area contributed by atoms with Crippen LogP contribution in [0.25, 0.3) is 0 Å². The lowest BCUT2D eigenvalue weighted by molar-refractivity contribution is -0.136. The zero-order valence-electron chi connectivity index (χ0n) is 6.97. The second kappa shape index (κ2) is 3.75. The van der Waals surface area contributed by atoms with Crippen LogP contribution in [0.1, 0.15) is 11.1 Å². The Kier molecular flexibility index (Phi) is 2.88. The highest BCUT2D eigenvalue weighted by Crippen LogP contribution is 2.20. The van der Waals surface area contributed by atoms with Gasteiger partial charge >= 0.3 is 5.97 Å². The first kappa shape index (κ1) is 9.99. The summed E-state index contributed by atoms with van der Waals surface area (Å²) in [6, 6.07) is 2.94. The Hall–Kier alpha value is -1.09. The monoisotopic (exact) mass is 202 g/mol. The molecule has 0 fully saturated rings. The molecule has 0 aromatic heterocycles. The molecule has 1 aromatic carbocycles. The van der Waals surface area contributed by atoms with E-state index in [9.17, 15) is 9.18 Å². The van der Waals surface area contributed by atoms with Crippen molar-refractivity contribution < 1.29 is 14.3 Å². The molecule has 0 saturated carbocycles. The number of hydrogen-bond donors (Lipinski definition) is 1. The van der Waals surface area contributed by atoms with Crippen molar-refractivity contribution in [2.45, 2.75) is 13.3 Å². The Morgan fingerprint density at radius 3 is 2.77 bits per heavy atom. The molecule has 13 heavy (non-hydrogen) atoms. The topological polar surface area (TPSA) is 37.3 Å². The minimum absolute atomic E-state index is 0.0312. The number of carboxylic acid groups (broad SMARTS) is 1. The highest BCUT2D eigenvalue weighted by molar-refractivity contribution is 6.30. The standard InChI is InChI=1S/C9H8ClFO2/c1-5-2-6(4-8(12)13)9(11)7(10)3-5/h2-3H,4H2,1H3,(H,12,13). The molecular weight excluding hydrogens is 195 g/mol. The van der Waals surface area contributed by atoms with Crippen molar-refractivity contribution in [2.24, 2.45) is 0 Å². The summed E-state index contributed by atoms with van der Waals surface area (Å²) in [6.45, 7) is 1.73. The molecule has 0 radical (unpaired) electrons. The molecule has 0 saturated heterocycles. The predicted octanol–water partition coefficient (Wildman–Crippen LogP) is 2.41. The molecule has 0 bridgehead atoms. The van der Waals surface area contributed by atoms with Crippen LogP contribution in [0.3, 0.4) is 0 Å².